The molecule has 78 valence electrons. The molecule has 0 radical (unpaired) electrons. The van der Waals surface area contributed by atoms with Crippen LogP contribution in [0.2, 0.25) is 0 Å². The number of hydrogen-bond donors (Lipinski definition) is 3. The van der Waals surface area contributed by atoms with Gasteiger partial charge in [-0.05, 0) is 12.1 Å². The quantitative estimate of drug-likeness (QED) is 0.704. The first kappa shape index (κ1) is 9.39. The number of benzene rings is 1. The topological polar surface area (TPSA) is 84.2 Å². The van der Waals surface area contributed by atoms with Gasteiger partial charge in [-0.3, -0.25) is 0 Å². The van der Waals surface area contributed by atoms with E-state index in [4.69, 9.17) is 10.5 Å². The van der Waals surface area contributed by atoms with E-state index in [2.05, 4.69) is 9.97 Å². The second-order valence-electron chi connectivity index (χ2n) is 3.05. The summed E-state index contributed by atoms with van der Waals surface area (Å²) in [7, 11) is 0. The molecule has 0 bridgehead atoms. The third kappa shape index (κ3) is 2.19. The normalized spacial score (nSPS) is 10.1. The Balaban J connectivity index is 2.02. The standard InChI is InChI=1S/C10H11N3O2/c11-10-12-5-7(13-10)6-15-9-4-2-1-3-8(9)14/h1-5,14H,6H2,(H3,11,12,13). The van der Waals surface area contributed by atoms with E-state index in [1.165, 1.54) is 0 Å². The van der Waals surface area contributed by atoms with Gasteiger partial charge in [-0.1, -0.05) is 12.1 Å². The fourth-order valence-electron chi connectivity index (χ4n) is 1.18. The average molecular weight is 205 g/mol. The van der Waals surface area contributed by atoms with Crippen LogP contribution >= 0.6 is 0 Å². The second-order valence-corrected chi connectivity index (χ2v) is 3.05. The molecule has 5 nitrogen and oxygen atoms in total. The van der Waals surface area contributed by atoms with Gasteiger partial charge in [0.2, 0.25) is 0 Å². The molecule has 0 fully saturated rings. The number of aromatic nitrogens is 2. The lowest BCUT2D eigenvalue weighted by Crippen LogP contribution is -1.96. The molecule has 15 heavy (non-hydrogen) atoms. The number of nitrogen functional groups attached to an aromatic ring is 1. The van der Waals surface area contributed by atoms with Crippen LogP contribution in [0.4, 0.5) is 5.95 Å². The minimum atomic E-state index is 0.116. The molecule has 0 aliphatic heterocycles. The van der Waals surface area contributed by atoms with Crippen LogP contribution in [-0.2, 0) is 6.61 Å². The number of aromatic hydroxyl groups is 1. The fraction of sp³-hybridized carbons (Fsp3) is 0.100. The van der Waals surface area contributed by atoms with Crippen molar-refractivity contribution in [2.45, 2.75) is 6.61 Å². The Morgan fingerprint density at radius 1 is 1.40 bits per heavy atom. The molecule has 0 spiro atoms. The van der Waals surface area contributed by atoms with Crippen molar-refractivity contribution in [1.29, 1.82) is 0 Å². The lowest BCUT2D eigenvalue weighted by molar-refractivity contribution is 0.285. The number of rotatable bonds is 3. The highest BCUT2D eigenvalue weighted by atomic mass is 16.5. The van der Waals surface area contributed by atoms with Crippen LogP contribution in [0.5, 0.6) is 11.5 Å². The number of ether oxygens (including phenoxy) is 1. The summed E-state index contributed by atoms with van der Waals surface area (Å²) in [5.74, 6) is 0.904. The van der Waals surface area contributed by atoms with Gasteiger partial charge in [0, 0.05) is 0 Å². The van der Waals surface area contributed by atoms with Crippen LogP contribution in [0, 0.1) is 0 Å². The van der Waals surface area contributed by atoms with Crippen molar-refractivity contribution < 1.29 is 9.84 Å². The van der Waals surface area contributed by atoms with Crippen molar-refractivity contribution >= 4 is 5.95 Å². The number of nitrogens with zero attached hydrogens (tertiary/aromatic N) is 1. The Labute approximate surface area is 86.5 Å². The molecule has 0 saturated carbocycles. The van der Waals surface area contributed by atoms with E-state index in [-0.39, 0.29) is 5.75 Å². The molecule has 0 atom stereocenters. The van der Waals surface area contributed by atoms with E-state index >= 15 is 0 Å². The van der Waals surface area contributed by atoms with E-state index in [0.29, 0.717) is 18.3 Å². The van der Waals surface area contributed by atoms with Crippen molar-refractivity contribution in [2.75, 3.05) is 5.73 Å². The Hall–Kier alpha value is -2.17. The lowest BCUT2D eigenvalue weighted by Gasteiger charge is -2.05. The van der Waals surface area contributed by atoms with Crippen LogP contribution < -0.4 is 10.5 Å². The van der Waals surface area contributed by atoms with Crippen molar-refractivity contribution in [3.05, 3.63) is 36.2 Å². The number of nitrogens with two attached hydrogens (primary N) is 1. The van der Waals surface area contributed by atoms with Crippen molar-refractivity contribution in [2.24, 2.45) is 0 Å². The molecule has 2 aromatic rings. The number of H-pyrrole nitrogens is 1. The molecule has 4 N–H and O–H groups in total. The van der Waals surface area contributed by atoms with E-state index in [1.54, 1.807) is 30.5 Å². The molecule has 1 aromatic heterocycles. The Bertz CT molecular complexity index is 453. The number of phenolic OH excluding ortho intramolecular Hbond substituents is 1. The maximum absolute atomic E-state index is 9.42. The summed E-state index contributed by atoms with van der Waals surface area (Å²) in [6, 6.07) is 6.78. The maximum atomic E-state index is 9.42. The minimum absolute atomic E-state index is 0.116. The van der Waals surface area contributed by atoms with E-state index in [1.807, 2.05) is 0 Å². The maximum Gasteiger partial charge on any atom is 0.197 e. The zero-order chi connectivity index (χ0) is 10.7. The zero-order valence-electron chi connectivity index (χ0n) is 7.97. The zero-order valence-corrected chi connectivity index (χ0v) is 7.97. The molecular weight excluding hydrogens is 194 g/mol. The average Bonchev–Trinajstić information content (AvgIpc) is 2.63. The van der Waals surface area contributed by atoms with E-state index < -0.39 is 0 Å². The Morgan fingerprint density at radius 3 is 2.87 bits per heavy atom. The van der Waals surface area contributed by atoms with Gasteiger partial charge in [0.05, 0.1) is 11.9 Å². The minimum Gasteiger partial charge on any atom is -0.504 e. The summed E-state index contributed by atoms with van der Waals surface area (Å²) in [5.41, 5.74) is 6.17. The molecular formula is C10H11N3O2. The summed E-state index contributed by atoms with van der Waals surface area (Å²) in [5, 5.41) is 9.42. The van der Waals surface area contributed by atoms with Crippen molar-refractivity contribution in [3.63, 3.8) is 0 Å². The van der Waals surface area contributed by atoms with E-state index in [9.17, 15) is 5.11 Å². The number of nitrogens with one attached hydrogen (secondary N) is 1. The van der Waals surface area contributed by atoms with Crippen molar-refractivity contribution in [1.82, 2.24) is 9.97 Å². The number of para-hydroxylation sites is 2. The van der Waals surface area contributed by atoms with Gasteiger partial charge >= 0.3 is 0 Å². The molecule has 0 aliphatic rings. The summed E-state index contributed by atoms with van der Waals surface area (Å²) < 4.78 is 5.36. The fourth-order valence-corrected chi connectivity index (χ4v) is 1.18. The van der Waals surface area contributed by atoms with Crippen LogP contribution in [-0.4, -0.2) is 15.1 Å². The monoisotopic (exact) mass is 205 g/mol. The molecule has 0 amide bonds. The summed E-state index contributed by atoms with van der Waals surface area (Å²) in [4.78, 5) is 6.66. The molecule has 1 heterocycles. The summed E-state index contributed by atoms with van der Waals surface area (Å²) in [6.07, 6.45) is 1.59. The first-order valence-electron chi connectivity index (χ1n) is 4.46. The largest absolute Gasteiger partial charge is 0.504 e. The third-order valence-corrected chi connectivity index (χ3v) is 1.90. The first-order valence-corrected chi connectivity index (χ1v) is 4.46. The smallest absolute Gasteiger partial charge is 0.197 e. The van der Waals surface area contributed by atoms with Gasteiger partial charge in [0.25, 0.3) is 0 Å². The highest BCUT2D eigenvalue weighted by molar-refractivity contribution is 5.38. The number of imidazole rings is 1. The molecule has 0 unspecified atom stereocenters. The number of hydrogen-bond acceptors (Lipinski definition) is 4. The molecule has 5 heteroatoms. The number of anilines is 1. The van der Waals surface area contributed by atoms with Gasteiger partial charge < -0.3 is 20.6 Å². The summed E-state index contributed by atoms with van der Waals surface area (Å²) in [6.45, 7) is 0.293. The highest BCUT2D eigenvalue weighted by Crippen LogP contribution is 2.24. The number of aromatic amines is 1. The molecule has 2 rings (SSSR count). The Morgan fingerprint density at radius 2 is 2.20 bits per heavy atom. The SMILES string of the molecule is Nc1ncc(COc2ccccc2O)[nH]1. The van der Waals surface area contributed by atoms with Crippen LogP contribution in [0.1, 0.15) is 5.69 Å². The predicted octanol–water partition coefficient (Wildman–Crippen LogP) is 1.28. The van der Waals surface area contributed by atoms with Crippen LogP contribution in [0.25, 0.3) is 0 Å². The van der Waals surface area contributed by atoms with Gasteiger partial charge in [0.15, 0.2) is 17.4 Å². The van der Waals surface area contributed by atoms with Crippen molar-refractivity contribution in [3.8, 4) is 11.5 Å². The predicted molar refractivity (Wildman–Crippen MR) is 55.4 cm³/mol. The van der Waals surface area contributed by atoms with Gasteiger partial charge in [-0.2, -0.15) is 0 Å². The molecule has 0 saturated heterocycles. The Kier molecular flexibility index (Phi) is 2.45. The lowest BCUT2D eigenvalue weighted by atomic mass is 10.3. The number of phenols is 1. The van der Waals surface area contributed by atoms with Crippen LogP contribution in [0.3, 0.4) is 0 Å². The summed E-state index contributed by atoms with van der Waals surface area (Å²) >= 11 is 0. The third-order valence-electron chi connectivity index (χ3n) is 1.90. The van der Waals surface area contributed by atoms with Gasteiger partial charge in [-0.15, -0.1) is 0 Å². The highest BCUT2D eigenvalue weighted by Gasteiger charge is 2.02. The molecule has 1 aromatic carbocycles. The van der Waals surface area contributed by atoms with Gasteiger partial charge in [-0.25, -0.2) is 4.98 Å². The molecule has 0 aliphatic carbocycles. The first-order chi connectivity index (χ1) is 7.25. The second kappa shape index (κ2) is 3.91. The van der Waals surface area contributed by atoms with E-state index in [0.717, 1.165) is 5.69 Å². The van der Waals surface area contributed by atoms with Gasteiger partial charge in [0.1, 0.15) is 6.61 Å². The van der Waals surface area contributed by atoms with Crippen LogP contribution in [0.15, 0.2) is 30.5 Å².